The van der Waals surface area contributed by atoms with Crippen molar-refractivity contribution >= 4 is 5.97 Å². The lowest BCUT2D eigenvalue weighted by atomic mass is 10.7. The van der Waals surface area contributed by atoms with Gasteiger partial charge in [0.25, 0.3) is 0 Å². The molecular formula is C4H7F3NO2-. The predicted molar refractivity (Wildman–Crippen MR) is 28.6 cm³/mol. The first-order chi connectivity index (χ1) is 4.36. The molecule has 0 unspecified atom stereocenters. The average Bonchev–Trinajstić information content (AvgIpc) is 1.64. The van der Waals surface area contributed by atoms with Gasteiger partial charge in [-0.05, 0) is 0 Å². The van der Waals surface area contributed by atoms with Gasteiger partial charge in [-0.1, -0.05) is 6.92 Å². The van der Waals surface area contributed by atoms with E-state index in [1.807, 2.05) is 0 Å². The summed E-state index contributed by atoms with van der Waals surface area (Å²) in [4.78, 5) is 8.90. The highest BCUT2D eigenvalue weighted by Crippen LogP contribution is 2.13. The predicted octanol–water partition coefficient (Wildman–Crippen LogP) is 1.69. The molecule has 0 saturated carbocycles. The Balaban J connectivity index is 0. The van der Waals surface area contributed by atoms with Gasteiger partial charge in [-0.15, -0.1) is 0 Å². The summed E-state index contributed by atoms with van der Waals surface area (Å²) in [5, 5.41) is 7.12. The Morgan fingerprint density at radius 1 is 1.60 bits per heavy atom. The van der Waals surface area contributed by atoms with Crippen LogP contribution in [0.3, 0.4) is 0 Å². The number of carboxylic acid groups (broad SMARTS) is 1. The van der Waals surface area contributed by atoms with Gasteiger partial charge in [-0.3, -0.25) is 0 Å². The fourth-order valence-electron chi connectivity index (χ4n) is 0. The van der Waals surface area contributed by atoms with E-state index in [2.05, 4.69) is 0 Å². The Morgan fingerprint density at radius 3 is 1.70 bits per heavy atom. The summed E-state index contributed by atoms with van der Waals surface area (Å²) >= 11 is 0. The summed E-state index contributed by atoms with van der Waals surface area (Å²) < 4.78 is 31.7. The smallest absolute Gasteiger partial charge is 0.490 e. The molecule has 10 heavy (non-hydrogen) atoms. The number of aliphatic carboxylic acids is 1. The van der Waals surface area contributed by atoms with E-state index < -0.39 is 12.1 Å². The Labute approximate surface area is 55.6 Å². The first-order valence-electron chi connectivity index (χ1n) is 2.31. The third-order valence-electron chi connectivity index (χ3n) is 0.243. The van der Waals surface area contributed by atoms with E-state index in [1.54, 1.807) is 6.92 Å². The summed E-state index contributed by atoms with van der Waals surface area (Å²) in [5.41, 5.74) is 6.21. The molecule has 62 valence electrons. The van der Waals surface area contributed by atoms with Crippen LogP contribution >= 0.6 is 0 Å². The fourth-order valence-corrected chi connectivity index (χ4v) is 0. The van der Waals surface area contributed by atoms with Crippen molar-refractivity contribution in [1.82, 2.24) is 0 Å². The molecule has 6 heteroatoms. The second kappa shape index (κ2) is 5.04. The van der Waals surface area contributed by atoms with E-state index in [-0.39, 0.29) is 0 Å². The molecule has 0 amide bonds. The second-order valence-corrected chi connectivity index (χ2v) is 1.16. The van der Waals surface area contributed by atoms with Crippen molar-refractivity contribution in [1.29, 1.82) is 0 Å². The maximum absolute atomic E-state index is 10.6. The van der Waals surface area contributed by atoms with E-state index in [0.717, 1.165) is 0 Å². The molecule has 0 aromatic carbocycles. The van der Waals surface area contributed by atoms with Gasteiger partial charge in [-0.2, -0.15) is 19.7 Å². The van der Waals surface area contributed by atoms with Crippen molar-refractivity contribution in [2.45, 2.75) is 13.1 Å². The number of hydrogen-bond acceptors (Lipinski definition) is 1. The minimum absolute atomic E-state index is 0.500. The van der Waals surface area contributed by atoms with Gasteiger partial charge in [-0.25, -0.2) is 4.79 Å². The highest BCUT2D eigenvalue weighted by molar-refractivity contribution is 5.73. The highest BCUT2D eigenvalue weighted by atomic mass is 19.4. The lowest BCUT2D eigenvalue weighted by molar-refractivity contribution is -0.192. The SMILES string of the molecule is CC[NH-].O=C(O)C(F)(F)F. The Morgan fingerprint density at radius 2 is 1.70 bits per heavy atom. The molecular weight excluding hydrogens is 151 g/mol. The molecule has 0 fully saturated rings. The average molecular weight is 158 g/mol. The Kier molecular flexibility index (Phi) is 6.02. The van der Waals surface area contributed by atoms with Crippen molar-refractivity contribution in [2.75, 3.05) is 6.54 Å². The monoisotopic (exact) mass is 158 g/mol. The summed E-state index contributed by atoms with van der Waals surface area (Å²) in [6, 6.07) is 0. The third kappa shape index (κ3) is 10.3. The van der Waals surface area contributed by atoms with Crippen molar-refractivity contribution in [3.63, 3.8) is 0 Å². The van der Waals surface area contributed by atoms with Crippen LogP contribution in [0.5, 0.6) is 0 Å². The van der Waals surface area contributed by atoms with Crippen molar-refractivity contribution in [3.8, 4) is 0 Å². The quantitative estimate of drug-likeness (QED) is 0.583. The van der Waals surface area contributed by atoms with Crippen LogP contribution in [0.1, 0.15) is 6.92 Å². The molecule has 0 saturated heterocycles. The minimum Gasteiger partial charge on any atom is -0.678 e. The topological polar surface area (TPSA) is 61.1 Å². The van der Waals surface area contributed by atoms with Crippen molar-refractivity contribution in [2.24, 2.45) is 0 Å². The number of rotatable bonds is 0. The number of nitrogens with one attached hydrogen (secondary N) is 1. The lowest BCUT2D eigenvalue weighted by Gasteiger charge is -1.93. The molecule has 0 radical (unpaired) electrons. The molecule has 0 aromatic heterocycles. The summed E-state index contributed by atoms with van der Waals surface area (Å²) in [5.74, 6) is -2.76. The number of hydrogen-bond donors (Lipinski definition) is 1. The van der Waals surface area contributed by atoms with Crippen LogP contribution in [0.15, 0.2) is 0 Å². The van der Waals surface area contributed by atoms with Gasteiger partial charge in [0.05, 0.1) is 0 Å². The van der Waals surface area contributed by atoms with Crippen LogP contribution in [0.2, 0.25) is 0 Å². The fraction of sp³-hybridized carbons (Fsp3) is 0.750. The molecule has 2 N–H and O–H groups in total. The highest BCUT2D eigenvalue weighted by Gasteiger charge is 2.38. The second-order valence-electron chi connectivity index (χ2n) is 1.16. The van der Waals surface area contributed by atoms with Crippen LogP contribution in [-0.4, -0.2) is 23.8 Å². The molecule has 3 nitrogen and oxygen atoms in total. The molecule has 0 bridgehead atoms. The largest absolute Gasteiger partial charge is 0.678 e. The van der Waals surface area contributed by atoms with E-state index in [4.69, 9.17) is 15.6 Å². The molecule has 0 heterocycles. The van der Waals surface area contributed by atoms with E-state index in [1.165, 1.54) is 0 Å². The number of carboxylic acids is 1. The molecule has 0 aliphatic carbocycles. The van der Waals surface area contributed by atoms with Gasteiger partial charge in [0.2, 0.25) is 0 Å². The van der Waals surface area contributed by atoms with Gasteiger partial charge in [0, 0.05) is 0 Å². The van der Waals surface area contributed by atoms with Gasteiger partial charge in [0.15, 0.2) is 0 Å². The van der Waals surface area contributed by atoms with E-state index in [9.17, 15) is 13.2 Å². The first kappa shape index (κ1) is 12.0. The number of carbonyl (C=O) groups is 1. The summed E-state index contributed by atoms with van der Waals surface area (Å²) in [6.45, 7) is 2.29. The Hall–Kier alpha value is -0.780. The maximum atomic E-state index is 10.6. The zero-order valence-corrected chi connectivity index (χ0v) is 5.20. The summed E-state index contributed by atoms with van der Waals surface area (Å²) in [7, 11) is 0. The van der Waals surface area contributed by atoms with Gasteiger partial charge in [0.1, 0.15) is 0 Å². The molecule has 0 rings (SSSR count). The van der Waals surface area contributed by atoms with Crippen molar-refractivity contribution in [3.05, 3.63) is 5.73 Å². The molecule has 0 spiro atoms. The standard InChI is InChI=1S/C2HF3O2.C2H6N/c3-2(4,5)1(6)7;1-2-3/h(H,6,7);3H,2H2,1H3/q;-1. The third-order valence-corrected chi connectivity index (χ3v) is 0.243. The van der Waals surface area contributed by atoms with Crippen LogP contribution in [-0.2, 0) is 4.79 Å². The molecule has 0 aliphatic heterocycles. The number of alkyl halides is 3. The molecule has 0 atom stereocenters. The van der Waals surface area contributed by atoms with Crippen molar-refractivity contribution < 1.29 is 23.1 Å². The zero-order valence-electron chi connectivity index (χ0n) is 5.20. The summed E-state index contributed by atoms with van der Waals surface area (Å²) in [6.07, 6.45) is -5.08. The van der Waals surface area contributed by atoms with Crippen LogP contribution in [0, 0.1) is 0 Å². The normalized spacial score (nSPS) is 9.70. The molecule has 0 aromatic rings. The number of halogens is 3. The molecule has 0 aliphatic rings. The lowest BCUT2D eigenvalue weighted by Crippen LogP contribution is -2.21. The zero-order chi connectivity index (χ0) is 8.78. The maximum Gasteiger partial charge on any atom is 0.490 e. The van der Waals surface area contributed by atoms with Crippen LogP contribution < -0.4 is 0 Å². The van der Waals surface area contributed by atoms with Crippen LogP contribution in [0.25, 0.3) is 5.73 Å². The van der Waals surface area contributed by atoms with Crippen LogP contribution in [0.4, 0.5) is 13.2 Å². The van der Waals surface area contributed by atoms with Gasteiger partial charge >= 0.3 is 12.1 Å². The Bertz CT molecular complexity index is 101. The van der Waals surface area contributed by atoms with E-state index in [0.29, 0.717) is 6.54 Å². The van der Waals surface area contributed by atoms with E-state index >= 15 is 0 Å². The van der Waals surface area contributed by atoms with Gasteiger partial charge < -0.3 is 10.8 Å². The first-order valence-corrected chi connectivity index (χ1v) is 2.31. The minimum atomic E-state index is -5.08.